The zero-order valence-electron chi connectivity index (χ0n) is 8.09. The Bertz CT molecular complexity index is 388. The Labute approximate surface area is 86.3 Å². The van der Waals surface area contributed by atoms with Crippen molar-refractivity contribution < 1.29 is 13.6 Å². The van der Waals surface area contributed by atoms with Gasteiger partial charge in [0.1, 0.15) is 0 Å². The van der Waals surface area contributed by atoms with Gasteiger partial charge in [0.15, 0.2) is 11.6 Å². The lowest BCUT2D eigenvalue weighted by molar-refractivity contribution is -0.120. The van der Waals surface area contributed by atoms with E-state index in [1.807, 2.05) is 0 Å². The van der Waals surface area contributed by atoms with Crippen LogP contribution in [0.2, 0.25) is 0 Å². The number of hydrogen-bond acceptors (Lipinski definition) is 1. The van der Waals surface area contributed by atoms with Crippen molar-refractivity contribution >= 4 is 5.91 Å². The number of hydrogen-bond donors (Lipinski definition) is 1. The third kappa shape index (κ3) is 2.75. The van der Waals surface area contributed by atoms with Gasteiger partial charge in [-0.15, -0.1) is 0 Å². The molecule has 15 heavy (non-hydrogen) atoms. The molecule has 0 unspecified atom stereocenters. The predicted molar refractivity (Wildman–Crippen MR) is 51.2 cm³/mol. The molecule has 1 aromatic carbocycles. The first-order chi connectivity index (χ1) is 7.15. The molecule has 0 spiro atoms. The van der Waals surface area contributed by atoms with Gasteiger partial charge in [0.05, 0.1) is 6.42 Å². The van der Waals surface area contributed by atoms with Crippen molar-refractivity contribution in [3.8, 4) is 0 Å². The van der Waals surface area contributed by atoms with Crippen LogP contribution < -0.4 is 5.32 Å². The highest BCUT2D eigenvalue weighted by Crippen LogP contribution is 2.18. The molecule has 1 amide bonds. The Morgan fingerprint density at radius 1 is 1.33 bits per heavy atom. The fourth-order valence-electron chi connectivity index (χ4n) is 1.34. The second-order valence-electron chi connectivity index (χ2n) is 3.77. The van der Waals surface area contributed by atoms with Crippen LogP contribution in [0.25, 0.3) is 0 Å². The summed E-state index contributed by atoms with van der Waals surface area (Å²) in [6.07, 6.45) is 2.14. The first-order valence-corrected chi connectivity index (χ1v) is 4.88. The number of benzene rings is 1. The third-order valence-electron chi connectivity index (χ3n) is 2.29. The van der Waals surface area contributed by atoms with E-state index in [-0.39, 0.29) is 12.3 Å². The number of rotatable bonds is 3. The van der Waals surface area contributed by atoms with Gasteiger partial charge in [0, 0.05) is 6.04 Å². The van der Waals surface area contributed by atoms with E-state index in [9.17, 15) is 13.6 Å². The van der Waals surface area contributed by atoms with Crippen molar-refractivity contribution in [2.24, 2.45) is 0 Å². The third-order valence-corrected chi connectivity index (χ3v) is 2.29. The summed E-state index contributed by atoms with van der Waals surface area (Å²) in [7, 11) is 0. The second kappa shape index (κ2) is 3.96. The lowest BCUT2D eigenvalue weighted by Gasteiger charge is -2.03. The van der Waals surface area contributed by atoms with E-state index in [4.69, 9.17) is 0 Å². The molecule has 1 saturated carbocycles. The SMILES string of the molecule is O=C(Cc1ccc(F)c(F)c1)NC1CC1. The van der Waals surface area contributed by atoms with Gasteiger partial charge in [-0.2, -0.15) is 0 Å². The van der Waals surface area contributed by atoms with Crippen LogP contribution in [0.15, 0.2) is 18.2 Å². The first-order valence-electron chi connectivity index (χ1n) is 4.88. The van der Waals surface area contributed by atoms with Gasteiger partial charge in [-0.1, -0.05) is 6.07 Å². The molecule has 0 bridgehead atoms. The van der Waals surface area contributed by atoms with Crippen LogP contribution in [-0.2, 0) is 11.2 Å². The summed E-state index contributed by atoms with van der Waals surface area (Å²) in [6.45, 7) is 0. The molecule has 1 N–H and O–H groups in total. The average molecular weight is 211 g/mol. The topological polar surface area (TPSA) is 29.1 Å². The Kier molecular flexibility index (Phi) is 2.66. The molecule has 1 fully saturated rings. The minimum Gasteiger partial charge on any atom is -0.353 e. The predicted octanol–water partition coefficient (Wildman–Crippen LogP) is 1.79. The summed E-state index contributed by atoms with van der Waals surface area (Å²) in [6, 6.07) is 3.81. The van der Waals surface area contributed by atoms with E-state index < -0.39 is 11.6 Å². The molecule has 0 aromatic heterocycles. The minimum absolute atomic E-state index is 0.105. The molecule has 0 heterocycles. The van der Waals surface area contributed by atoms with E-state index in [2.05, 4.69) is 5.32 Å². The van der Waals surface area contributed by atoms with Gasteiger partial charge in [-0.25, -0.2) is 8.78 Å². The van der Waals surface area contributed by atoms with Gasteiger partial charge in [0.25, 0.3) is 0 Å². The summed E-state index contributed by atoms with van der Waals surface area (Å²) in [4.78, 5) is 11.3. The molecule has 1 aromatic rings. The van der Waals surface area contributed by atoms with Crippen molar-refractivity contribution in [3.63, 3.8) is 0 Å². The lowest BCUT2D eigenvalue weighted by atomic mass is 10.1. The van der Waals surface area contributed by atoms with Gasteiger partial charge < -0.3 is 5.32 Å². The Balaban J connectivity index is 1.97. The number of nitrogens with one attached hydrogen (secondary N) is 1. The van der Waals surface area contributed by atoms with E-state index in [1.165, 1.54) is 6.07 Å². The molecular formula is C11H11F2NO. The molecule has 80 valence electrons. The Hall–Kier alpha value is -1.45. The van der Waals surface area contributed by atoms with Gasteiger partial charge >= 0.3 is 0 Å². The van der Waals surface area contributed by atoms with Gasteiger partial charge in [-0.05, 0) is 30.5 Å². The maximum absolute atomic E-state index is 12.8. The molecule has 0 radical (unpaired) electrons. The summed E-state index contributed by atoms with van der Waals surface area (Å²) in [5.41, 5.74) is 0.493. The molecular weight excluding hydrogens is 200 g/mol. The van der Waals surface area contributed by atoms with Crippen LogP contribution in [0.3, 0.4) is 0 Å². The number of amides is 1. The molecule has 0 atom stereocenters. The van der Waals surface area contributed by atoms with Gasteiger partial charge in [0.2, 0.25) is 5.91 Å². The minimum atomic E-state index is -0.910. The van der Waals surface area contributed by atoms with E-state index >= 15 is 0 Å². The van der Waals surface area contributed by atoms with Crippen molar-refractivity contribution in [1.82, 2.24) is 5.32 Å². The average Bonchev–Trinajstić information content (AvgIpc) is 2.95. The largest absolute Gasteiger partial charge is 0.353 e. The van der Waals surface area contributed by atoms with E-state index in [1.54, 1.807) is 0 Å². The molecule has 1 aliphatic carbocycles. The van der Waals surface area contributed by atoms with Crippen molar-refractivity contribution in [1.29, 1.82) is 0 Å². The van der Waals surface area contributed by atoms with Crippen LogP contribution in [0.1, 0.15) is 18.4 Å². The number of carbonyl (C=O) groups excluding carboxylic acids is 1. The fraction of sp³-hybridized carbons (Fsp3) is 0.364. The lowest BCUT2D eigenvalue weighted by Crippen LogP contribution is -2.26. The quantitative estimate of drug-likeness (QED) is 0.811. The summed E-state index contributed by atoms with van der Waals surface area (Å²) >= 11 is 0. The monoisotopic (exact) mass is 211 g/mol. The fourth-order valence-corrected chi connectivity index (χ4v) is 1.34. The smallest absolute Gasteiger partial charge is 0.224 e. The number of halogens is 2. The van der Waals surface area contributed by atoms with Gasteiger partial charge in [-0.3, -0.25) is 4.79 Å². The highest BCUT2D eigenvalue weighted by atomic mass is 19.2. The maximum atomic E-state index is 12.8. The standard InChI is InChI=1S/C11H11F2NO/c12-9-4-1-7(5-10(9)13)6-11(15)14-8-2-3-8/h1,4-5,8H,2-3,6H2,(H,14,15). The van der Waals surface area contributed by atoms with E-state index in [0.29, 0.717) is 11.6 Å². The second-order valence-corrected chi connectivity index (χ2v) is 3.77. The Morgan fingerprint density at radius 3 is 2.67 bits per heavy atom. The molecule has 2 rings (SSSR count). The summed E-state index contributed by atoms with van der Waals surface area (Å²) < 4.78 is 25.4. The van der Waals surface area contributed by atoms with Crippen LogP contribution in [0.4, 0.5) is 8.78 Å². The normalized spacial score (nSPS) is 15.1. The Morgan fingerprint density at radius 2 is 2.07 bits per heavy atom. The summed E-state index contributed by atoms with van der Waals surface area (Å²) in [5, 5.41) is 2.78. The molecule has 1 aliphatic rings. The number of carbonyl (C=O) groups is 1. The molecule has 0 aliphatic heterocycles. The molecule has 0 saturated heterocycles. The van der Waals surface area contributed by atoms with Crippen molar-refractivity contribution in [2.75, 3.05) is 0 Å². The van der Waals surface area contributed by atoms with Crippen LogP contribution in [-0.4, -0.2) is 11.9 Å². The zero-order chi connectivity index (χ0) is 10.8. The van der Waals surface area contributed by atoms with Crippen LogP contribution >= 0.6 is 0 Å². The molecule has 2 nitrogen and oxygen atoms in total. The highest BCUT2D eigenvalue weighted by Gasteiger charge is 2.23. The van der Waals surface area contributed by atoms with Crippen molar-refractivity contribution in [3.05, 3.63) is 35.4 Å². The van der Waals surface area contributed by atoms with Crippen molar-refractivity contribution in [2.45, 2.75) is 25.3 Å². The molecule has 4 heteroatoms. The van der Waals surface area contributed by atoms with E-state index in [0.717, 1.165) is 25.0 Å². The highest BCUT2D eigenvalue weighted by molar-refractivity contribution is 5.79. The zero-order valence-corrected chi connectivity index (χ0v) is 8.09. The summed E-state index contributed by atoms with van der Waals surface area (Å²) in [5.74, 6) is -1.93. The van der Waals surface area contributed by atoms with Crippen LogP contribution in [0, 0.1) is 11.6 Å². The first kappa shape index (κ1) is 10.1. The van der Waals surface area contributed by atoms with Crippen LogP contribution in [0.5, 0.6) is 0 Å². The maximum Gasteiger partial charge on any atom is 0.224 e.